The summed E-state index contributed by atoms with van der Waals surface area (Å²) in [5.41, 5.74) is 0.491. The van der Waals surface area contributed by atoms with Gasteiger partial charge in [-0.15, -0.1) is 0 Å². The molecule has 0 atom stereocenters. The van der Waals surface area contributed by atoms with Crippen molar-refractivity contribution in [3.8, 4) is 11.5 Å². The third-order valence-corrected chi connectivity index (χ3v) is 3.13. The standard InChI is InChI=1S/C17H18N2O5/c1-11(2)24-16-9-4-12(10-15(16)19(21)22)17(20)18-13-5-7-14(23-3)8-6-13/h4-11H,1-3H3,(H,18,20). The van der Waals surface area contributed by atoms with Crippen molar-refractivity contribution in [1.29, 1.82) is 0 Å². The van der Waals surface area contributed by atoms with E-state index >= 15 is 0 Å². The summed E-state index contributed by atoms with van der Waals surface area (Å²) in [6, 6.07) is 10.9. The molecular weight excluding hydrogens is 312 g/mol. The smallest absolute Gasteiger partial charge is 0.311 e. The number of carbonyl (C=O) groups excluding carboxylic acids is 1. The number of nitro groups is 1. The van der Waals surface area contributed by atoms with Gasteiger partial charge in [0, 0.05) is 17.3 Å². The van der Waals surface area contributed by atoms with Gasteiger partial charge in [-0.05, 0) is 50.2 Å². The van der Waals surface area contributed by atoms with Crippen LogP contribution in [0.1, 0.15) is 24.2 Å². The van der Waals surface area contributed by atoms with E-state index in [4.69, 9.17) is 9.47 Å². The second kappa shape index (κ2) is 7.45. The van der Waals surface area contributed by atoms with E-state index in [2.05, 4.69) is 5.32 Å². The topological polar surface area (TPSA) is 90.7 Å². The lowest BCUT2D eigenvalue weighted by Gasteiger charge is -2.11. The third-order valence-electron chi connectivity index (χ3n) is 3.13. The summed E-state index contributed by atoms with van der Waals surface area (Å²) >= 11 is 0. The number of nitrogens with one attached hydrogen (secondary N) is 1. The quantitative estimate of drug-likeness (QED) is 0.645. The van der Waals surface area contributed by atoms with Crippen molar-refractivity contribution in [2.45, 2.75) is 20.0 Å². The molecule has 0 radical (unpaired) electrons. The van der Waals surface area contributed by atoms with Crippen LogP contribution in [0.25, 0.3) is 0 Å². The molecule has 1 amide bonds. The van der Waals surface area contributed by atoms with Crippen LogP contribution in [0.2, 0.25) is 0 Å². The number of nitrogens with zero attached hydrogens (tertiary/aromatic N) is 1. The van der Waals surface area contributed by atoms with Gasteiger partial charge in [0.25, 0.3) is 5.91 Å². The maximum Gasteiger partial charge on any atom is 0.311 e. The molecule has 0 aliphatic rings. The fraction of sp³-hybridized carbons (Fsp3) is 0.235. The van der Waals surface area contributed by atoms with Crippen LogP contribution in [0.4, 0.5) is 11.4 Å². The van der Waals surface area contributed by atoms with Gasteiger partial charge in [-0.1, -0.05) is 0 Å². The highest BCUT2D eigenvalue weighted by molar-refractivity contribution is 6.04. The lowest BCUT2D eigenvalue weighted by Crippen LogP contribution is -2.13. The van der Waals surface area contributed by atoms with Gasteiger partial charge in [0.15, 0.2) is 5.75 Å². The van der Waals surface area contributed by atoms with Crippen LogP contribution < -0.4 is 14.8 Å². The third kappa shape index (κ3) is 4.22. The van der Waals surface area contributed by atoms with Crippen molar-refractivity contribution < 1.29 is 19.2 Å². The highest BCUT2D eigenvalue weighted by Crippen LogP contribution is 2.29. The number of amides is 1. The second-order valence-electron chi connectivity index (χ2n) is 5.29. The van der Waals surface area contributed by atoms with Gasteiger partial charge in [-0.2, -0.15) is 0 Å². The van der Waals surface area contributed by atoms with E-state index < -0.39 is 10.8 Å². The molecule has 7 heteroatoms. The van der Waals surface area contributed by atoms with Crippen molar-refractivity contribution in [2.75, 3.05) is 12.4 Å². The van der Waals surface area contributed by atoms with E-state index in [1.165, 1.54) is 18.2 Å². The van der Waals surface area contributed by atoms with Crippen molar-refractivity contribution in [3.63, 3.8) is 0 Å². The first-order chi connectivity index (χ1) is 11.4. The molecule has 0 unspecified atom stereocenters. The molecule has 1 N–H and O–H groups in total. The largest absolute Gasteiger partial charge is 0.497 e. The molecule has 0 saturated carbocycles. The van der Waals surface area contributed by atoms with E-state index in [-0.39, 0.29) is 23.1 Å². The molecule has 0 spiro atoms. The summed E-state index contributed by atoms with van der Waals surface area (Å²) in [4.78, 5) is 22.9. The minimum absolute atomic E-state index is 0.135. The second-order valence-corrected chi connectivity index (χ2v) is 5.29. The number of nitro benzene ring substituents is 1. The van der Waals surface area contributed by atoms with Gasteiger partial charge in [-0.25, -0.2) is 0 Å². The van der Waals surface area contributed by atoms with Crippen LogP contribution in [0.15, 0.2) is 42.5 Å². The lowest BCUT2D eigenvalue weighted by atomic mass is 10.1. The first-order valence-electron chi connectivity index (χ1n) is 7.31. The molecule has 24 heavy (non-hydrogen) atoms. The number of anilines is 1. The average molecular weight is 330 g/mol. The van der Waals surface area contributed by atoms with Crippen molar-refractivity contribution in [1.82, 2.24) is 0 Å². The van der Waals surface area contributed by atoms with Gasteiger partial charge in [0.05, 0.1) is 18.1 Å². The Morgan fingerprint density at radius 3 is 2.38 bits per heavy atom. The Hall–Kier alpha value is -3.09. The van der Waals surface area contributed by atoms with E-state index in [1.807, 2.05) is 0 Å². The molecule has 0 aliphatic heterocycles. The van der Waals surface area contributed by atoms with Crippen LogP contribution >= 0.6 is 0 Å². The van der Waals surface area contributed by atoms with Crippen LogP contribution in [0, 0.1) is 10.1 Å². The molecule has 126 valence electrons. The first kappa shape index (κ1) is 17.3. The number of carbonyl (C=O) groups is 1. The van der Waals surface area contributed by atoms with Gasteiger partial charge in [0.1, 0.15) is 5.75 Å². The summed E-state index contributed by atoms with van der Waals surface area (Å²) in [6.45, 7) is 3.54. The van der Waals surface area contributed by atoms with Crippen molar-refractivity contribution >= 4 is 17.3 Å². The summed E-state index contributed by atoms with van der Waals surface area (Å²) in [5.74, 6) is 0.356. The Labute approximate surface area is 139 Å². The van der Waals surface area contributed by atoms with E-state index in [9.17, 15) is 14.9 Å². The molecule has 0 bridgehead atoms. The number of methoxy groups -OCH3 is 1. The minimum Gasteiger partial charge on any atom is -0.497 e. The summed E-state index contributed by atoms with van der Waals surface area (Å²) in [5, 5.41) is 13.9. The Bertz CT molecular complexity index is 741. The molecule has 0 fully saturated rings. The van der Waals surface area contributed by atoms with Crippen LogP contribution in [0.3, 0.4) is 0 Å². The van der Waals surface area contributed by atoms with Crippen LogP contribution in [-0.4, -0.2) is 24.0 Å². The number of rotatable bonds is 6. The highest BCUT2D eigenvalue weighted by Gasteiger charge is 2.19. The molecular formula is C17H18N2O5. The Morgan fingerprint density at radius 1 is 1.17 bits per heavy atom. The molecule has 0 aliphatic carbocycles. The van der Waals surface area contributed by atoms with Gasteiger partial charge in [0.2, 0.25) is 0 Å². The number of hydrogen-bond donors (Lipinski definition) is 1. The van der Waals surface area contributed by atoms with Gasteiger partial charge in [-0.3, -0.25) is 14.9 Å². The predicted molar refractivity (Wildman–Crippen MR) is 89.8 cm³/mol. The normalized spacial score (nSPS) is 10.3. The number of benzene rings is 2. The monoisotopic (exact) mass is 330 g/mol. The molecule has 2 rings (SSSR count). The van der Waals surface area contributed by atoms with Crippen molar-refractivity contribution in [2.24, 2.45) is 0 Å². The minimum atomic E-state index is -0.568. The average Bonchev–Trinajstić information content (AvgIpc) is 2.55. The Kier molecular flexibility index (Phi) is 5.36. The summed E-state index contributed by atoms with van der Waals surface area (Å²) < 4.78 is 10.4. The molecule has 0 saturated heterocycles. The molecule has 2 aromatic rings. The molecule has 0 heterocycles. The van der Waals surface area contributed by atoms with Crippen LogP contribution in [0.5, 0.6) is 11.5 Å². The lowest BCUT2D eigenvalue weighted by molar-refractivity contribution is -0.386. The number of hydrogen-bond acceptors (Lipinski definition) is 5. The van der Waals surface area contributed by atoms with E-state index in [1.54, 1.807) is 45.2 Å². The zero-order valence-corrected chi connectivity index (χ0v) is 13.6. The molecule has 2 aromatic carbocycles. The highest BCUT2D eigenvalue weighted by atomic mass is 16.6. The maximum absolute atomic E-state index is 12.3. The fourth-order valence-electron chi connectivity index (χ4n) is 2.03. The van der Waals surface area contributed by atoms with Crippen molar-refractivity contribution in [3.05, 3.63) is 58.1 Å². The van der Waals surface area contributed by atoms with Crippen LogP contribution in [-0.2, 0) is 0 Å². The summed E-state index contributed by atoms with van der Waals surface area (Å²) in [6.07, 6.45) is -0.206. The predicted octanol–water partition coefficient (Wildman–Crippen LogP) is 3.64. The fourth-order valence-corrected chi connectivity index (χ4v) is 2.03. The zero-order chi connectivity index (χ0) is 17.7. The Balaban J connectivity index is 2.22. The Morgan fingerprint density at radius 2 is 1.83 bits per heavy atom. The number of ether oxygens (including phenoxy) is 2. The van der Waals surface area contributed by atoms with E-state index in [0.717, 1.165) is 0 Å². The van der Waals surface area contributed by atoms with E-state index in [0.29, 0.717) is 11.4 Å². The van der Waals surface area contributed by atoms with Gasteiger partial charge < -0.3 is 14.8 Å². The SMILES string of the molecule is COc1ccc(NC(=O)c2ccc(OC(C)C)c([N+](=O)[O-])c2)cc1. The summed E-state index contributed by atoms with van der Waals surface area (Å²) in [7, 11) is 1.55. The molecule has 0 aromatic heterocycles. The first-order valence-corrected chi connectivity index (χ1v) is 7.31. The maximum atomic E-state index is 12.3. The zero-order valence-electron chi connectivity index (χ0n) is 13.6. The van der Waals surface area contributed by atoms with Gasteiger partial charge >= 0.3 is 5.69 Å². The molecule has 7 nitrogen and oxygen atoms in total.